The maximum atomic E-state index is 11.2. The zero-order valence-electron chi connectivity index (χ0n) is 12.3. The van der Waals surface area contributed by atoms with Gasteiger partial charge in [-0.3, -0.25) is 10.1 Å². The molecule has 0 atom stereocenters. The Balaban J connectivity index is 2.19. The Labute approximate surface area is 125 Å². The van der Waals surface area contributed by atoms with Gasteiger partial charge in [-0.25, -0.2) is 4.98 Å². The highest BCUT2D eigenvalue weighted by molar-refractivity contribution is 5.51. The fraction of sp³-hybridized carbons (Fsp3) is 0.214. The van der Waals surface area contributed by atoms with Gasteiger partial charge < -0.3 is 4.74 Å². The van der Waals surface area contributed by atoms with Crippen LogP contribution in [0.3, 0.4) is 0 Å². The molecule has 0 N–H and O–H groups in total. The van der Waals surface area contributed by atoms with Crippen LogP contribution in [0, 0.1) is 30.9 Å². The monoisotopic (exact) mass is 299 g/mol. The maximum absolute atomic E-state index is 11.2. The smallest absolute Gasteiger partial charge is 0.311 e. The van der Waals surface area contributed by atoms with Crippen LogP contribution in [0.15, 0.2) is 24.5 Å². The van der Waals surface area contributed by atoms with Crippen LogP contribution in [-0.2, 0) is 0 Å². The van der Waals surface area contributed by atoms with Gasteiger partial charge in [0.05, 0.1) is 4.92 Å². The highest BCUT2D eigenvalue weighted by atomic mass is 16.6. The van der Waals surface area contributed by atoms with Gasteiger partial charge in [0.15, 0.2) is 0 Å². The molecule has 0 bridgehead atoms. The maximum Gasteiger partial charge on any atom is 0.311 e. The number of nitro benzene ring substituents is 1. The molecule has 3 aromatic rings. The fourth-order valence-electron chi connectivity index (χ4n) is 2.08. The van der Waals surface area contributed by atoms with Gasteiger partial charge in [0.25, 0.3) is 5.78 Å². The van der Waals surface area contributed by atoms with Gasteiger partial charge in [0, 0.05) is 17.3 Å². The third-order valence-electron chi connectivity index (χ3n) is 3.37. The van der Waals surface area contributed by atoms with Crippen LogP contribution in [0.2, 0.25) is 0 Å². The molecular weight excluding hydrogens is 286 g/mol. The number of aromatic nitrogens is 4. The molecule has 0 aliphatic carbocycles. The van der Waals surface area contributed by atoms with Gasteiger partial charge in [-0.15, -0.1) is 0 Å². The number of nitrogens with zero attached hydrogens (tertiary/aromatic N) is 5. The Morgan fingerprint density at radius 2 is 2.05 bits per heavy atom. The van der Waals surface area contributed by atoms with E-state index >= 15 is 0 Å². The topological polar surface area (TPSA) is 95.5 Å². The Kier molecular flexibility index (Phi) is 3.21. The van der Waals surface area contributed by atoms with Crippen LogP contribution in [-0.4, -0.2) is 24.5 Å². The molecule has 0 aliphatic heterocycles. The van der Waals surface area contributed by atoms with Crippen molar-refractivity contribution < 1.29 is 9.66 Å². The summed E-state index contributed by atoms with van der Waals surface area (Å²) in [6.45, 7) is 5.48. The summed E-state index contributed by atoms with van der Waals surface area (Å²) in [7, 11) is 0. The quantitative estimate of drug-likeness (QED) is 0.545. The van der Waals surface area contributed by atoms with Crippen LogP contribution in [0.1, 0.15) is 16.8 Å². The van der Waals surface area contributed by atoms with Crippen LogP contribution in [0.5, 0.6) is 11.6 Å². The largest absolute Gasteiger partial charge is 0.431 e. The van der Waals surface area contributed by atoms with Crippen LogP contribution in [0.4, 0.5) is 5.69 Å². The van der Waals surface area contributed by atoms with Crippen molar-refractivity contribution >= 4 is 11.5 Å². The third kappa shape index (κ3) is 2.24. The molecule has 8 heteroatoms. The summed E-state index contributed by atoms with van der Waals surface area (Å²) in [6, 6.07) is 4.71. The molecule has 0 spiro atoms. The molecule has 0 radical (unpaired) electrons. The number of fused-ring (bicyclic) bond motifs is 1. The van der Waals surface area contributed by atoms with Crippen LogP contribution in [0.25, 0.3) is 5.78 Å². The normalized spacial score (nSPS) is 10.9. The number of rotatable bonds is 3. The summed E-state index contributed by atoms with van der Waals surface area (Å²) in [6.07, 6.45) is 1.36. The Bertz CT molecular complexity index is 888. The van der Waals surface area contributed by atoms with Crippen molar-refractivity contribution in [1.82, 2.24) is 19.6 Å². The number of nitro groups is 1. The third-order valence-corrected chi connectivity index (χ3v) is 3.37. The van der Waals surface area contributed by atoms with Crippen molar-refractivity contribution in [2.24, 2.45) is 0 Å². The second kappa shape index (κ2) is 5.06. The molecule has 0 amide bonds. The van der Waals surface area contributed by atoms with Crippen molar-refractivity contribution in [2.75, 3.05) is 0 Å². The molecule has 0 saturated carbocycles. The lowest BCUT2D eigenvalue weighted by Crippen LogP contribution is -2.04. The predicted molar refractivity (Wildman–Crippen MR) is 78.2 cm³/mol. The summed E-state index contributed by atoms with van der Waals surface area (Å²) in [4.78, 5) is 19.0. The second-order valence-corrected chi connectivity index (χ2v) is 4.93. The molecule has 2 heterocycles. The van der Waals surface area contributed by atoms with Gasteiger partial charge in [0.2, 0.25) is 11.6 Å². The van der Waals surface area contributed by atoms with Gasteiger partial charge >= 0.3 is 5.69 Å². The van der Waals surface area contributed by atoms with Crippen molar-refractivity contribution in [3.63, 3.8) is 0 Å². The average molecular weight is 299 g/mol. The van der Waals surface area contributed by atoms with Crippen LogP contribution >= 0.6 is 0 Å². The number of hydrogen-bond acceptors (Lipinski definition) is 6. The van der Waals surface area contributed by atoms with E-state index < -0.39 is 4.92 Å². The van der Waals surface area contributed by atoms with Crippen LogP contribution < -0.4 is 4.74 Å². The summed E-state index contributed by atoms with van der Waals surface area (Å²) >= 11 is 0. The first kappa shape index (κ1) is 13.9. The molecule has 3 rings (SSSR count). The minimum absolute atomic E-state index is 0.104. The zero-order valence-corrected chi connectivity index (χ0v) is 12.3. The van der Waals surface area contributed by atoms with E-state index in [1.165, 1.54) is 16.9 Å². The average Bonchev–Trinajstić information content (AvgIpc) is 2.91. The SMILES string of the molecule is Cc1ccc([N+](=O)[O-])c(Oc2c(C)c(C)nc3ncnn23)c1. The molecule has 1 aromatic carbocycles. The molecule has 112 valence electrons. The van der Waals surface area contributed by atoms with E-state index in [9.17, 15) is 10.1 Å². The van der Waals surface area contributed by atoms with Gasteiger partial charge in [0.1, 0.15) is 6.33 Å². The molecule has 0 aliphatic rings. The van der Waals surface area contributed by atoms with E-state index in [1.54, 1.807) is 12.1 Å². The lowest BCUT2D eigenvalue weighted by atomic mass is 10.2. The first-order valence-corrected chi connectivity index (χ1v) is 6.57. The molecule has 8 nitrogen and oxygen atoms in total. The highest BCUT2D eigenvalue weighted by Crippen LogP contribution is 2.33. The number of hydrogen-bond donors (Lipinski definition) is 0. The molecule has 0 saturated heterocycles. The summed E-state index contributed by atoms with van der Waals surface area (Å²) in [5, 5.41) is 15.2. The van der Waals surface area contributed by atoms with Crippen molar-refractivity contribution in [3.8, 4) is 11.6 Å². The zero-order chi connectivity index (χ0) is 15.9. The van der Waals surface area contributed by atoms with E-state index in [1.807, 2.05) is 20.8 Å². The Morgan fingerprint density at radius 1 is 1.27 bits per heavy atom. The lowest BCUT2D eigenvalue weighted by Gasteiger charge is -2.12. The van der Waals surface area contributed by atoms with E-state index in [0.29, 0.717) is 11.7 Å². The standard InChI is InChI=1S/C14H13N5O3/c1-8-4-5-11(19(20)21)12(6-8)22-13-9(2)10(3)17-14-15-7-16-18(13)14/h4-7H,1-3H3. The Morgan fingerprint density at radius 3 is 2.77 bits per heavy atom. The van der Waals surface area contributed by atoms with E-state index in [2.05, 4.69) is 15.1 Å². The number of ether oxygens (including phenoxy) is 1. The van der Waals surface area contributed by atoms with Crippen molar-refractivity contribution in [3.05, 3.63) is 51.5 Å². The molecule has 0 unspecified atom stereocenters. The fourth-order valence-corrected chi connectivity index (χ4v) is 2.08. The number of aryl methyl sites for hydroxylation is 2. The summed E-state index contributed by atoms with van der Waals surface area (Å²) in [5.41, 5.74) is 2.23. The van der Waals surface area contributed by atoms with E-state index in [4.69, 9.17) is 4.74 Å². The van der Waals surface area contributed by atoms with E-state index in [-0.39, 0.29) is 11.4 Å². The Hall–Kier alpha value is -3.03. The first-order chi connectivity index (χ1) is 10.5. The predicted octanol–water partition coefficient (Wildman–Crippen LogP) is 2.75. The number of benzene rings is 1. The molecule has 0 fully saturated rings. The molecule has 2 aromatic heterocycles. The molecule has 22 heavy (non-hydrogen) atoms. The molecular formula is C14H13N5O3. The summed E-state index contributed by atoms with van der Waals surface area (Å²) in [5.74, 6) is 0.914. The van der Waals surface area contributed by atoms with Crippen molar-refractivity contribution in [1.29, 1.82) is 0 Å². The van der Waals surface area contributed by atoms with Gasteiger partial charge in [-0.05, 0) is 32.4 Å². The highest BCUT2D eigenvalue weighted by Gasteiger charge is 2.20. The summed E-state index contributed by atoms with van der Waals surface area (Å²) < 4.78 is 7.24. The van der Waals surface area contributed by atoms with Crippen molar-refractivity contribution in [2.45, 2.75) is 20.8 Å². The van der Waals surface area contributed by atoms with Gasteiger partial charge in [-0.1, -0.05) is 6.07 Å². The van der Waals surface area contributed by atoms with Gasteiger partial charge in [-0.2, -0.15) is 14.6 Å². The van der Waals surface area contributed by atoms with E-state index in [0.717, 1.165) is 16.8 Å². The minimum Gasteiger partial charge on any atom is -0.431 e. The lowest BCUT2D eigenvalue weighted by molar-refractivity contribution is -0.385. The minimum atomic E-state index is -0.476. The second-order valence-electron chi connectivity index (χ2n) is 4.93. The first-order valence-electron chi connectivity index (χ1n) is 6.57.